The van der Waals surface area contributed by atoms with Crippen LogP contribution in [0.4, 0.5) is 17.6 Å². The maximum atomic E-state index is 13.2. The highest BCUT2D eigenvalue weighted by atomic mass is 127. The van der Waals surface area contributed by atoms with E-state index in [1.54, 1.807) is 12.4 Å². The zero-order chi connectivity index (χ0) is 21.7. The summed E-state index contributed by atoms with van der Waals surface area (Å²) in [7, 11) is 1.51. The van der Waals surface area contributed by atoms with Crippen molar-refractivity contribution in [2.75, 3.05) is 7.05 Å². The van der Waals surface area contributed by atoms with E-state index in [0.717, 1.165) is 29.3 Å². The summed E-state index contributed by atoms with van der Waals surface area (Å²) in [5.41, 5.74) is -0.231. The summed E-state index contributed by atoms with van der Waals surface area (Å²) in [6.45, 7) is 2.08. The van der Waals surface area contributed by atoms with Crippen molar-refractivity contribution in [3.8, 4) is 5.82 Å². The number of aliphatic imine (C=N–C) groups is 1. The highest BCUT2D eigenvalue weighted by molar-refractivity contribution is 14.0. The molecule has 2 aromatic heterocycles. The predicted molar refractivity (Wildman–Crippen MR) is 120 cm³/mol. The lowest BCUT2D eigenvalue weighted by Gasteiger charge is -2.16. The predicted octanol–water partition coefficient (Wildman–Crippen LogP) is 4.22. The van der Waals surface area contributed by atoms with E-state index in [1.807, 2.05) is 29.8 Å². The maximum absolute atomic E-state index is 13.2. The molecule has 0 spiro atoms. The Kier molecular flexibility index (Phi) is 8.36. The number of aryl methyl sites for hydroxylation is 1. The SMILES string of the molecule is CN=C(NCc1ccc(-n2ccnc2C)nc1)NCc1ccc(F)cc1C(F)(F)F.I. The Balaban J connectivity index is 0.00000341. The van der Waals surface area contributed by atoms with Gasteiger partial charge in [0.15, 0.2) is 5.96 Å². The second-order valence-electron chi connectivity index (χ2n) is 6.45. The topological polar surface area (TPSA) is 67.1 Å². The van der Waals surface area contributed by atoms with Crippen molar-refractivity contribution in [3.63, 3.8) is 0 Å². The van der Waals surface area contributed by atoms with Gasteiger partial charge in [0.05, 0.1) is 5.56 Å². The van der Waals surface area contributed by atoms with Gasteiger partial charge < -0.3 is 10.6 Å². The Morgan fingerprint density at radius 1 is 1.10 bits per heavy atom. The average molecular weight is 548 g/mol. The average Bonchev–Trinajstić information content (AvgIpc) is 3.14. The Morgan fingerprint density at radius 3 is 2.42 bits per heavy atom. The molecule has 0 saturated carbocycles. The third-order valence-electron chi connectivity index (χ3n) is 4.39. The van der Waals surface area contributed by atoms with Crippen LogP contribution in [0.25, 0.3) is 5.82 Å². The molecule has 31 heavy (non-hydrogen) atoms. The molecule has 11 heteroatoms. The fourth-order valence-electron chi connectivity index (χ4n) is 2.84. The number of imidazole rings is 1. The number of nitrogens with zero attached hydrogens (tertiary/aromatic N) is 4. The highest BCUT2D eigenvalue weighted by Gasteiger charge is 2.33. The van der Waals surface area contributed by atoms with Crippen molar-refractivity contribution >= 4 is 29.9 Å². The molecular weight excluding hydrogens is 527 g/mol. The van der Waals surface area contributed by atoms with E-state index in [9.17, 15) is 17.6 Å². The zero-order valence-corrected chi connectivity index (χ0v) is 19.1. The van der Waals surface area contributed by atoms with Crippen LogP contribution in [0, 0.1) is 12.7 Å². The summed E-state index contributed by atoms with van der Waals surface area (Å²) < 4.78 is 54.4. The molecule has 0 atom stereocenters. The van der Waals surface area contributed by atoms with Crippen molar-refractivity contribution in [1.29, 1.82) is 0 Å². The summed E-state index contributed by atoms with van der Waals surface area (Å²) >= 11 is 0. The summed E-state index contributed by atoms with van der Waals surface area (Å²) in [6, 6.07) is 6.32. The van der Waals surface area contributed by atoms with Gasteiger partial charge in [-0.1, -0.05) is 12.1 Å². The largest absolute Gasteiger partial charge is 0.416 e. The second-order valence-corrected chi connectivity index (χ2v) is 6.45. The third kappa shape index (κ3) is 6.39. The van der Waals surface area contributed by atoms with E-state index >= 15 is 0 Å². The van der Waals surface area contributed by atoms with Gasteiger partial charge in [0.2, 0.25) is 0 Å². The number of halogens is 5. The standard InChI is InChI=1S/C20H20F4N6.HI/c1-13-26-7-8-30(13)18-6-3-14(10-27-18)11-28-19(25-2)29-12-15-4-5-16(21)9-17(15)20(22,23)24;/h3-10H,11-12H2,1-2H3,(H2,25,28,29);1H. The monoisotopic (exact) mass is 548 g/mol. The first-order valence-corrected chi connectivity index (χ1v) is 9.03. The molecule has 0 radical (unpaired) electrons. The lowest BCUT2D eigenvalue weighted by atomic mass is 10.1. The number of rotatable bonds is 5. The highest BCUT2D eigenvalue weighted by Crippen LogP contribution is 2.32. The molecule has 0 fully saturated rings. The molecule has 0 aliphatic rings. The number of guanidine groups is 1. The Labute approximate surface area is 193 Å². The number of hydrogen-bond acceptors (Lipinski definition) is 3. The second kappa shape index (κ2) is 10.6. The molecule has 1 aromatic carbocycles. The minimum Gasteiger partial charge on any atom is -0.352 e. The smallest absolute Gasteiger partial charge is 0.352 e. The third-order valence-corrected chi connectivity index (χ3v) is 4.39. The minimum absolute atomic E-state index is 0. The summed E-state index contributed by atoms with van der Waals surface area (Å²) in [5.74, 6) is 0.918. The number of aromatic nitrogens is 3. The molecule has 166 valence electrons. The van der Waals surface area contributed by atoms with E-state index in [2.05, 4.69) is 25.6 Å². The van der Waals surface area contributed by atoms with Gasteiger partial charge in [0.1, 0.15) is 17.5 Å². The fourth-order valence-corrected chi connectivity index (χ4v) is 2.84. The van der Waals surface area contributed by atoms with Gasteiger partial charge in [-0.2, -0.15) is 13.2 Å². The molecule has 0 saturated heterocycles. The molecule has 6 nitrogen and oxygen atoms in total. The van der Waals surface area contributed by atoms with Gasteiger partial charge in [-0.3, -0.25) is 9.56 Å². The molecule has 0 unspecified atom stereocenters. The van der Waals surface area contributed by atoms with Gasteiger partial charge >= 0.3 is 6.18 Å². The first kappa shape index (κ1) is 24.6. The molecule has 3 rings (SSSR count). The van der Waals surface area contributed by atoms with Crippen molar-refractivity contribution in [3.05, 3.63) is 77.3 Å². The summed E-state index contributed by atoms with van der Waals surface area (Å²) in [5, 5.41) is 5.83. The molecule has 0 amide bonds. The lowest BCUT2D eigenvalue weighted by Crippen LogP contribution is -2.36. The van der Waals surface area contributed by atoms with E-state index in [0.29, 0.717) is 18.6 Å². The normalized spacial score (nSPS) is 11.7. The molecule has 0 aliphatic heterocycles. The molecule has 3 aromatic rings. The van der Waals surface area contributed by atoms with E-state index in [1.165, 1.54) is 7.05 Å². The molecule has 2 N–H and O–H groups in total. The van der Waals surface area contributed by atoms with Crippen LogP contribution in [0.3, 0.4) is 0 Å². The van der Waals surface area contributed by atoms with E-state index < -0.39 is 17.6 Å². The number of hydrogen-bond donors (Lipinski definition) is 2. The van der Waals surface area contributed by atoms with Crippen LogP contribution in [0.2, 0.25) is 0 Å². The van der Waals surface area contributed by atoms with Crippen LogP contribution in [-0.4, -0.2) is 27.5 Å². The molecule has 0 aliphatic carbocycles. The quantitative estimate of drug-likeness (QED) is 0.217. The first-order valence-electron chi connectivity index (χ1n) is 9.03. The number of benzene rings is 1. The van der Waals surface area contributed by atoms with Crippen molar-refractivity contribution in [2.45, 2.75) is 26.2 Å². The Bertz CT molecular complexity index is 1030. The lowest BCUT2D eigenvalue weighted by molar-refractivity contribution is -0.138. The van der Waals surface area contributed by atoms with Crippen LogP contribution >= 0.6 is 24.0 Å². The van der Waals surface area contributed by atoms with Crippen molar-refractivity contribution in [2.24, 2.45) is 4.99 Å². The number of pyridine rings is 1. The first-order chi connectivity index (χ1) is 14.3. The van der Waals surface area contributed by atoms with E-state index in [4.69, 9.17) is 0 Å². The van der Waals surface area contributed by atoms with Gasteiger partial charge in [-0.15, -0.1) is 24.0 Å². The van der Waals surface area contributed by atoms with Crippen LogP contribution < -0.4 is 10.6 Å². The Hall–Kier alpha value is -2.70. The minimum atomic E-state index is -4.64. The van der Waals surface area contributed by atoms with Crippen LogP contribution in [0.1, 0.15) is 22.5 Å². The van der Waals surface area contributed by atoms with Crippen LogP contribution in [-0.2, 0) is 19.3 Å². The van der Waals surface area contributed by atoms with Gasteiger partial charge in [0, 0.05) is 38.7 Å². The van der Waals surface area contributed by atoms with Crippen molar-refractivity contribution < 1.29 is 17.6 Å². The molecular formula is C20H21F4IN6. The Morgan fingerprint density at radius 2 is 1.84 bits per heavy atom. The number of nitrogens with one attached hydrogen (secondary N) is 2. The van der Waals surface area contributed by atoms with E-state index in [-0.39, 0.29) is 36.1 Å². The van der Waals surface area contributed by atoms with Gasteiger partial charge in [0.25, 0.3) is 0 Å². The molecule has 2 heterocycles. The van der Waals surface area contributed by atoms with Crippen molar-refractivity contribution in [1.82, 2.24) is 25.2 Å². The molecule has 0 bridgehead atoms. The fraction of sp³-hybridized carbons (Fsp3) is 0.250. The van der Waals surface area contributed by atoms with Gasteiger partial charge in [-0.05, 0) is 36.2 Å². The zero-order valence-electron chi connectivity index (χ0n) is 16.7. The van der Waals surface area contributed by atoms with Crippen LogP contribution in [0.15, 0.2) is 53.9 Å². The maximum Gasteiger partial charge on any atom is 0.416 e. The number of alkyl halides is 3. The summed E-state index contributed by atoms with van der Waals surface area (Å²) in [4.78, 5) is 12.5. The summed E-state index contributed by atoms with van der Waals surface area (Å²) in [6.07, 6.45) is 0.549. The van der Waals surface area contributed by atoms with Gasteiger partial charge in [-0.25, -0.2) is 14.4 Å². The van der Waals surface area contributed by atoms with Crippen LogP contribution in [0.5, 0.6) is 0 Å².